The molecule has 0 radical (unpaired) electrons. The number of hydrogen-bond donors (Lipinski definition) is 0. The van der Waals surface area contributed by atoms with Crippen molar-refractivity contribution in [3.8, 4) is 29.0 Å². The first-order valence-corrected chi connectivity index (χ1v) is 6.20. The molecule has 0 heterocycles. The number of hydrogen-bond acceptors (Lipinski definition) is 1. The van der Waals surface area contributed by atoms with Gasteiger partial charge in [-0.3, -0.25) is 0 Å². The van der Waals surface area contributed by atoms with Crippen LogP contribution in [0.2, 0.25) is 0 Å². The minimum atomic E-state index is 0.775. The number of nitrogens with zero attached hydrogens (tertiary/aromatic N) is 1. The van der Waals surface area contributed by atoms with E-state index in [1.54, 1.807) is 0 Å². The second-order valence-corrected chi connectivity index (χ2v) is 4.55. The molecule has 1 nitrogen and oxygen atoms in total. The smallest absolute Gasteiger partial charge is 0.0997 e. The third-order valence-electron chi connectivity index (χ3n) is 3.13. The van der Waals surface area contributed by atoms with Crippen LogP contribution in [0.5, 0.6) is 0 Å². The van der Waals surface area contributed by atoms with Gasteiger partial charge in [0.25, 0.3) is 0 Å². The maximum absolute atomic E-state index is 9.09. The fraction of sp³-hybridized carbons (Fsp3) is 0.167. The molecular formula is C18H15N. The van der Waals surface area contributed by atoms with E-state index < -0.39 is 0 Å². The summed E-state index contributed by atoms with van der Waals surface area (Å²) in [4.78, 5) is 0. The van der Waals surface area contributed by atoms with Crippen LogP contribution in [0.15, 0.2) is 36.4 Å². The van der Waals surface area contributed by atoms with E-state index in [0.29, 0.717) is 0 Å². The van der Waals surface area contributed by atoms with Gasteiger partial charge in [0.1, 0.15) is 0 Å². The van der Waals surface area contributed by atoms with Crippen LogP contribution in [0.3, 0.4) is 0 Å². The van der Waals surface area contributed by atoms with Gasteiger partial charge in [-0.15, -0.1) is 5.92 Å². The Hall–Kier alpha value is -2.51. The van der Waals surface area contributed by atoms with Gasteiger partial charge in [0, 0.05) is 5.56 Å². The van der Waals surface area contributed by atoms with E-state index in [1.807, 2.05) is 32.9 Å². The van der Waals surface area contributed by atoms with Gasteiger partial charge in [0.2, 0.25) is 0 Å². The fourth-order valence-corrected chi connectivity index (χ4v) is 2.20. The number of nitriles is 1. The Morgan fingerprint density at radius 3 is 1.95 bits per heavy atom. The Balaban J connectivity index is 2.47. The lowest BCUT2D eigenvalue weighted by Crippen LogP contribution is -1.90. The van der Waals surface area contributed by atoms with Gasteiger partial charge in [0.05, 0.1) is 11.6 Å². The van der Waals surface area contributed by atoms with Crippen molar-refractivity contribution in [1.29, 1.82) is 5.26 Å². The molecule has 0 aliphatic heterocycles. The molecular weight excluding hydrogens is 230 g/mol. The topological polar surface area (TPSA) is 23.8 Å². The Kier molecular flexibility index (Phi) is 3.69. The first kappa shape index (κ1) is 12.9. The number of rotatable bonds is 1. The summed E-state index contributed by atoms with van der Waals surface area (Å²) in [5.74, 6) is 5.92. The molecule has 0 fully saturated rings. The predicted molar refractivity (Wildman–Crippen MR) is 78.6 cm³/mol. The van der Waals surface area contributed by atoms with E-state index in [0.717, 1.165) is 33.4 Å². The maximum Gasteiger partial charge on any atom is 0.0997 e. The lowest BCUT2D eigenvalue weighted by Gasteiger charge is -2.08. The summed E-state index contributed by atoms with van der Waals surface area (Å²) >= 11 is 0. The molecule has 0 atom stereocenters. The molecule has 0 aliphatic rings. The van der Waals surface area contributed by atoms with Gasteiger partial charge >= 0.3 is 0 Å². The summed E-state index contributed by atoms with van der Waals surface area (Å²) in [6, 6.07) is 14.6. The van der Waals surface area contributed by atoms with Crippen molar-refractivity contribution in [3.63, 3.8) is 0 Å². The standard InChI is InChI=1S/C18H15N/c1-4-5-15-6-8-16(9-7-15)17-10-13(2)18(12-19)14(3)11-17/h6-11H,1-3H3. The molecule has 1 heteroatoms. The lowest BCUT2D eigenvalue weighted by atomic mass is 9.96. The van der Waals surface area contributed by atoms with Crippen LogP contribution in [0.25, 0.3) is 11.1 Å². The van der Waals surface area contributed by atoms with E-state index in [2.05, 4.69) is 42.2 Å². The van der Waals surface area contributed by atoms with Crippen molar-refractivity contribution in [2.75, 3.05) is 0 Å². The van der Waals surface area contributed by atoms with Crippen LogP contribution in [-0.4, -0.2) is 0 Å². The Labute approximate surface area is 114 Å². The van der Waals surface area contributed by atoms with Crippen LogP contribution >= 0.6 is 0 Å². The number of benzene rings is 2. The number of aryl methyl sites for hydroxylation is 2. The summed E-state index contributed by atoms with van der Waals surface area (Å²) < 4.78 is 0. The van der Waals surface area contributed by atoms with Crippen molar-refractivity contribution < 1.29 is 0 Å². The summed E-state index contributed by atoms with van der Waals surface area (Å²) in [6.45, 7) is 5.79. The Morgan fingerprint density at radius 2 is 1.47 bits per heavy atom. The maximum atomic E-state index is 9.09. The van der Waals surface area contributed by atoms with Crippen molar-refractivity contribution in [3.05, 3.63) is 58.7 Å². The SMILES string of the molecule is CC#Cc1ccc(-c2cc(C)c(C#N)c(C)c2)cc1. The monoisotopic (exact) mass is 245 g/mol. The van der Waals surface area contributed by atoms with Crippen LogP contribution in [0.4, 0.5) is 0 Å². The van der Waals surface area contributed by atoms with Crippen LogP contribution in [0.1, 0.15) is 29.2 Å². The van der Waals surface area contributed by atoms with Crippen molar-refractivity contribution >= 4 is 0 Å². The first-order valence-electron chi connectivity index (χ1n) is 6.20. The van der Waals surface area contributed by atoms with Crippen LogP contribution < -0.4 is 0 Å². The molecule has 2 aromatic rings. The van der Waals surface area contributed by atoms with Gasteiger partial charge in [0.15, 0.2) is 0 Å². The summed E-state index contributed by atoms with van der Waals surface area (Å²) in [6.07, 6.45) is 0. The Bertz CT molecular complexity index is 681. The van der Waals surface area contributed by atoms with Crippen molar-refractivity contribution in [1.82, 2.24) is 0 Å². The normalized spacial score (nSPS) is 9.37. The third kappa shape index (κ3) is 2.67. The second kappa shape index (κ2) is 5.42. The average molecular weight is 245 g/mol. The molecule has 0 N–H and O–H groups in total. The highest BCUT2D eigenvalue weighted by Gasteiger charge is 2.05. The zero-order chi connectivity index (χ0) is 13.8. The molecule has 0 saturated heterocycles. The van der Waals surface area contributed by atoms with Crippen molar-refractivity contribution in [2.24, 2.45) is 0 Å². The molecule has 92 valence electrons. The first-order chi connectivity index (χ1) is 9.15. The molecule has 0 aromatic heterocycles. The highest BCUT2D eigenvalue weighted by Crippen LogP contribution is 2.25. The lowest BCUT2D eigenvalue weighted by molar-refractivity contribution is 1.32. The zero-order valence-electron chi connectivity index (χ0n) is 11.4. The van der Waals surface area contributed by atoms with Gasteiger partial charge in [-0.25, -0.2) is 0 Å². The fourth-order valence-electron chi connectivity index (χ4n) is 2.20. The molecule has 2 rings (SSSR count). The summed E-state index contributed by atoms with van der Waals surface area (Å²) in [5, 5.41) is 9.09. The van der Waals surface area contributed by atoms with Gasteiger partial charge in [-0.2, -0.15) is 5.26 Å². The molecule has 19 heavy (non-hydrogen) atoms. The van der Waals surface area contributed by atoms with Crippen LogP contribution in [0, 0.1) is 37.0 Å². The molecule has 0 bridgehead atoms. The summed E-state index contributed by atoms with van der Waals surface area (Å²) in [7, 11) is 0. The average Bonchev–Trinajstić information content (AvgIpc) is 2.39. The van der Waals surface area contributed by atoms with Gasteiger partial charge < -0.3 is 0 Å². The van der Waals surface area contributed by atoms with Crippen LogP contribution in [-0.2, 0) is 0 Å². The van der Waals surface area contributed by atoms with E-state index in [9.17, 15) is 0 Å². The molecule has 0 unspecified atom stereocenters. The molecule has 0 spiro atoms. The molecule has 0 amide bonds. The van der Waals surface area contributed by atoms with E-state index in [-0.39, 0.29) is 0 Å². The van der Waals surface area contributed by atoms with E-state index in [4.69, 9.17) is 5.26 Å². The zero-order valence-corrected chi connectivity index (χ0v) is 11.4. The quantitative estimate of drug-likeness (QED) is 0.690. The Morgan fingerprint density at radius 1 is 0.895 bits per heavy atom. The molecule has 0 saturated carbocycles. The van der Waals surface area contributed by atoms with E-state index >= 15 is 0 Å². The minimum absolute atomic E-state index is 0.775. The highest BCUT2D eigenvalue weighted by atomic mass is 14.2. The van der Waals surface area contributed by atoms with Crippen molar-refractivity contribution in [2.45, 2.75) is 20.8 Å². The van der Waals surface area contributed by atoms with Gasteiger partial charge in [-0.1, -0.05) is 30.2 Å². The second-order valence-electron chi connectivity index (χ2n) is 4.55. The largest absolute Gasteiger partial charge is 0.192 e. The van der Waals surface area contributed by atoms with E-state index in [1.165, 1.54) is 0 Å². The molecule has 2 aromatic carbocycles. The predicted octanol–water partition coefficient (Wildman–Crippen LogP) is 4.21. The summed E-state index contributed by atoms with van der Waals surface area (Å²) in [5.41, 5.74) is 6.14. The van der Waals surface area contributed by atoms with Gasteiger partial charge in [-0.05, 0) is 55.2 Å². The highest BCUT2D eigenvalue weighted by molar-refractivity contribution is 5.68. The minimum Gasteiger partial charge on any atom is -0.192 e. The molecule has 0 aliphatic carbocycles. The third-order valence-corrected chi connectivity index (χ3v) is 3.13.